The molecule has 3 aromatic rings. The van der Waals surface area contributed by atoms with Crippen molar-refractivity contribution in [3.05, 3.63) is 95.8 Å². The second kappa shape index (κ2) is 13.1. The third-order valence-corrected chi connectivity index (χ3v) is 8.82. The van der Waals surface area contributed by atoms with Gasteiger partial charge in [-0.3, -0.25) is 14.7 Å². The number of sulfonamides is 1. The number of aryl methyl sites for hydroxylation is 1. The van der Waals surface area contributed by atoms with E-state index < -0.39 is 10.0 Å². The summed E-state index contributed by atoms with van der Waals surface area (Å²) in [6.45, 7) is 0.339. The predicted molar refractivity (Wildman–Crippen MR) is 150 cm³/mol. The van der Waals surface area contributed by atoms with Crippen molar-refractivity contribution < 1.29 is 13.2 Å². The molecule has 1 aliphatic rings. The smallest absolute Gasteiger partial charge is 0.240 e. The molecule has 4 rings (SSSR count). The summed E-state index contributed by atoms with van der Waals surface area (Å²) in [5.41, 5.74) is 3.82. The van der Waals surface area contributed by atoms with Gasteiger partial charge in [0.25, 0.3) is 0 Å². The quantitative estimate of drug-likeness (QED) is 0.344. The Labute approximate surface area is 226 Å². The van der Waals surface area contributed by atoms with Gasteiger partial charge in [0, 0.05) is 30.9 Å². The van der Waals surface area contributed by atoms with Crippen LogP contribution in [0.4, 0.5) is 0 Å². The Kier molecular flexibility index (Phi) is 9.66. The van der Waals surface area contributed by atoms with Crippen LogP contribution in [0.3, 0.4) is 0 Å². The number of nitrogens with one attached hydrogen (secondary N) is 2. The zero-order chi connectivity index (χ0) is 27.0. The minimum Gasteiger partial charge on any atom is -0.351 e. The van der Waals surface area contributed by atoms with Crippen LogP contribution in [0, 0.1) is 0 Å². The summed E-state index contributed by atoms with van der Waals surface area (Å²) >= 11 is 0. The molecule has 0 spiro atoms. The molecule has 1 amide bonds. The third kappa shape index (κ3) is 7.28. The lowest BCUT2D eigenvalue weighted by Gasteiger charge is -2.36. The number of carbonyl (C=O) groups excluding carboxylic acids is 1. The van der Waals surface area contributed by atoms with Crippen LogP contribution < -0.4 is 10.0 Å². The van der Waals surface area contributed by atoms with Crippen molar-refractivity contribution in [1.82, 2.24) is 19.9 Å². The number of hydrogen-bond donors (Lipinski definition) is 2. The molecule has 0 aliphatic heterocycles. The molecule has 7 nitrogen and oxygen atoms in total. The van der Waals surface area contributed by atoms with Gasteiger partial charge in [-0.1, -0.05) is 55.0 Å². The Hall–Kier alpha value is -3.07. The Bertz CT molecular complexity index is 1280. The van der Waals surface area contributed by atoms with Crippen LogP contribution in [0.25, 0.3) is 0 Å². The molecule has 8 heteroatoms. The zero-order valence-corrected chi connectivity index (χ0v) is 23.0. The van der Waals surface area contributed by atoms with Gasteiger partial charge in [-0.2, -0.15) is 0 Å². The van der Waals surface area contributed by atoms with E-state index in [2.05, 4.69) is 45.4 Å². The van der Waals surface area contributed by atoms with E-state index in [0.717, 1.165) is 31.2 Å². The first-order chi connectivity index (χ1) is 18.3. The van der Waals surface area contributed by atoms with E-state index in [1.165, 1.54) is 11.1 Å². The van der Waals surface area contributed by atoms with Crippen LogP contribution in [-0.4, -0.2) is 56.9 Å². The number of nitrogens with zero attached hydrogens (tertiary/aromatic N) is 2. The number of carbonyl (C=O) groups is 1. The lowest BCUT2D eigenvalue weighted by molar-refractivity contribution is -0.126. The number of fused-ring (bicyclic) bond motifs is 1. The van der Waals surface area contributed by atoms with E-state index in [1.807, 2.05) is 31.3 Å². The van der Waals surface area contributed by atoms with Crippen LogP contribution >= 0.6 is 0 Å². The second-order valence-electron chi connectivity index (χ2n) is 10.2. The maximum atomic E-state index is 13.5. The van der Waals surface area contributed by atoms with Gasteiger partial charge in [0.15, 0.2) is 0 Å². The monoisotopic (exact) mass is 534 g/mol. The van der Waals surface area contributed by atoms with E-state index in [-0.39, 0.29) is 28.8 Å². The largest absolute Gasteiger partial charge is 0.351 e. The fourth-order valence-corrected chi connectivity index (χ4v) is 6.40. The molecule has 3 atom stereocenters. The molecule has 1 heterocycles. The van der Waals surface area contributed by atoms with Crippen molar-refractivity contribution in [3.63, 3.8) is 0 Å². The molecule has 1 aliphatic carbocycles. The van der Waals surface area contributed by atoms with Crippen molar-refractivity contribution in [2.75, 3.05) is 20.6 Å². The molecular weight excluding hydrogens is 496 g/mol. The topological polar surface area (TPSA) is 91.4 Å². The summed E-state index contributed by atoms with van der Waals surface area (Å²) in [6.07, 6.45) is 8.40. The average Bonchev–Trinajstić information content (AvgIpc) is 2.92. The summed E-state index contributed by atoms with van der Waals surface area (Å²) in [7, 11) is 0.331. The number of likely N-dealkylation sites (N-methyl/N-ethyl adjacent to an activating group) is 1. The molecule has 1 aromatic heterocycles. The number of amides is 1. The molecule has 0 bridgehead atoms. The van der Waals surface area contributed by atoms with Gasteiger partial charge in [0.2, 0.25) is 15.9 Å². The molecular formula is C30H38N4O3S. The third-order valence-electron chi connectivity index (χ3n) is 7.35. The van der Waals surface area contributed by atoms with Gasteiger partial charge in [-0.15, -0.1) is 0 Å². The molecule has 2 aromatic carbocycles. The Morgan fingerprint density at radius 1 is 1.03 bits per heavy atom. The number of rotatable bonds is 12. The van der Waals surface area contributed by atoms with Crippen molar-refractivity contribution in [2.45, 2.75) is 61.4 Å². The highest BCUT2D eigenvalue weighted by Crippen LogP contribution is 2.34. The summed E-state index contributed by atoms with van der Waals surface area (Å²) in [5, 5.41) is 3.39. The molecule has 0 saturated carbocycles. The number of hydrogen-bond acceptors (Lipinski definition) is 5. The van der Waals surface area contributed by atoms with Crippen LogP contribution in [0.15, 0.2) is 84.0 Å². The van der Waals surface area contributed by atoms with Crippen molar-refractivity contribution in [3.8, 4) is 0 Å². The lowest BCUT2D eigenvalue weighted by atomic mass is 9.76. The summed E-state index contributed by atoms with van der Waals surface area (Å²) in [6, 6.07) is 20.7. The Balaban J connectivity index is 1.35. The van der Waals surface area contributed by atoms with Gasteiger partial charge >= 0.3 is 0 Å². The van der Waals surface area contributed by atoms with E-state index in [0.29, 0.717) is 19.4 Å². The first-order valence-corrected chi connectivity index (χ1v) is 14.8. The molecule has 202 valence electrons. The second-order valence-corrected chi connectivity index (χ2v) is 12.0. The molecule has 38 heavy (non-hydrogen) atoms. The molecule has 0 saturated heterocycles. The lowest BCUT2D eigenvalue weighted by Crippen LogP contribution is -2.50. The maximum Gasteiger partial charge on any atom is 0.240 e. The molecule has 0 radical (unpaired) electrons. The maximum absolute atomic E-state index is 13.5. The average molecular weight is 535 g/mol. The Morgan fingerprint density at radius 3 is 2.53 bits per heavy atom. The first-order valence-electron chi connectivity index (χ1n) is 13.3. The number of pyridine rings is 1. The minimum absolute atomic E-state index is 0.0282. The van der Waals surface area contributed by atoms with Crippen LogP contribution in [0.2, 0.25) is 0 Å². The summed E-state index contributed by atoms with van der Waals surface area (Å²) < 4.78 is 27.5. The van der Waals surface area contributed by atoms with E-state index in [9.17, 15) is 13.2 Å². The van der Waals surface area contributed by atoms with E-state index in [4.69, 9.17) is 0 Å². The first kappa shape index (κ1) is 28.0. The molecule has 2 N–H and O–H groups in total. The number of aromatic nitrogens is 1. The molecule has 0 fully saturated rings. The minimum atomic E-state index is -3.51. The normalized spacial score (nSPS) is 18.1. The van der Waals surface area contributed by atoms with Gasteiger partial charge in [-0.05, 0) is 81.1 Å². The van der Waals surface area contributed by atoms with Gasteiger partial charge in [0.1, 0.15) is 0 Å². The van der Waals surface area contributed by atoms with Gasteiger partial charge < -0.3 is 5.32 Å². The van der Waals surface area contributed by atoms with Crippen molar-refractivity contribution >= 4 is 15.9 Å². The number of benzene rings is 2. The standard InChI is InChI=1S/C30H38N4O3S/c1-34(2)29(16-8-9-20-32-38(36,37)25-13-4-3-5-14-25)30(35)33-28-18-17-24-12-6-7-15-26(24)27(28)21-23-11-10-19-31-22-23/h3-7,10-15,19,22,27-29,32H,8-9,16-18,20-21H2,1-2H3,(H,33,35)/t27-,28+,29-/m1/s1. The zero-order valence-electron chi connectivity index (χ0n) is 22.2. The molecule has 0 unspecified atom stereocenters. The highest BCUT2D eigenvalue weighted by atomic mass is 32.2. The van der Waals surface area contributed by atoms with Crippen LogP contribution in [0.1, 0.15) is 48.3 Å². The fourth-order valence-electron chi connectivity index (χ4n) is 5.31. The van der Waals surface area contributed by atoms with Gasteiger partial charge in [0.05, 0.1) is 10.9 Å². The van der Waals surface area contributed by atoms with E-state index in [1.54, 1.807) is 36.5 Å². The predicted octanol–water partition coefficient (Wildman–Crippen LogP) is 3.92. The van der Waals surface area contributed by atoms with E-state index >= 15 is 0 Å². The Morgan fingerprint density at radius 2 is 1.79 bits per heavy atom. The summed E-state index contributed by atoms with van der Waals surface area (Å²) in [4.78, 5) is 20.0. The highest BCUT2D eigenvalue weighted by molar-refractivity contribution is 7.89. The van der Waals surface area contributed by atoms with Crippen molar-refractivity contribution in [2.24, 2.45) is 0 Å². The number of unbranched alkanes of at least 4 members (excludes halogenated alkanes) is 1. The fraction of sp³-hybridized carbons (Fsp3) is 0.400. The van der Waals surface area contributed by atoms with Crippen LogP contribution in [0.5, 0.6) is 0 Å². The van der Waals surface area contributed by atoms with Gasteiger partial charge in [-0.25, -0.2) is 13.1 Å². The van der Waals surface area contributed by atoms with Crippen LogP contribution in [-0.2, 0) is 27.7 Å². The summed E-state index contributed by atoms with van der Waals surface area (Å²) in [5.74, 6) is 0.212. The highest BCUT2D eigenvalue weighted by Gasteiger charge is 2.32. The SMILES string of the molecule is CN(C)[C@H](CCCCNS(=O)(=O)c1ccccc1)C(=O)N[C@H]1CCc2ccccc2[C@H]1Cc1cccnc1. The van der Waals surface area contributed by atoms with Crippen molar-refractivity contribution in [1.29, 1.82) is 0 Å².